The number of nitrogens with zero attached hydrogens (tertiary/aromatic N) is 2. The summed E-state index contributed by atoms with van der Waals surface area (Å²) in [7, 11) is 1.88. The molecule has 0 aliphatic heterocycles. The lowest BCUT2D eigenvalue weighted by molar-refractivity contribution is -0.119. The third kappa shape index (κ3) is 3.45. The van der Waals surface area contributed by atoms with Crippen LogP contribution in [0.3, 0.4) is 0 Å². The van der Waals surface area contributed by atoms with Crippen molar-refractivity contribution in [2.75, 3.05) is 6.54 Å². The highest BCUT2D eigenvalue weighted by atomic mass is 16.1. The van der Waals surface area contributed by atoms with Crippen LogP contribution in [0.1, 0.15) is 31.7 Å². The molecule has 0 saturated carbocycles. The quantitative estimate of drug-likeness (QED) is 0.785. The maximum Gasteiger partial charge on any atom is 0.139 e. The summed E-state index contributed by atoms with van der Waals surface area (Å²) in [6.07, 6.45) is 1.93. The van der Waals surface area contributed by atoms with E-state index < -0.39 is 0 Å². The van der Waals surface area contributed by atoms with E-state index in [-0.39, 0.29) is 11.7 Å². The van der Waals surface area contributed by atoms with Crippen LogP contribution >= 0.6 is 0 Å². The van der Waals surface area contributed by atoms with Gasteiger partial charge in [-0.3, -0.25) is 9.48 Å². The Morgan fingerprint density at radius 1 is 1.62 bits per heavy atom. The Morgan fingerprint density at radius 2 is 2.31 bits per heavy atom. The summed E-state index contributed by atoms with van der Waals surface area (Å²) in [6, 6.07) is 2.00. The van der Waals surface area contributed by atoms with Gasteiger partial charge in [0.25, 0.3) is 0 Å². The second kappa shape index (κ2) is 5.80. The number of carbonyl (C=O) groups excluding carboxylic acids is 1. The number of ketones is 1. The summed E-state index contributed by atoms with van der Waals surface area (Å²) in [5.74, 6) is 0.509. The fourth-order valence-corrected chi connectivity index (χ4v) is 1.66. The van der Waals surface area contributed by atoms with Crippen molar-refractivity contribution in [2.24, 2.45) is 18.7 Å². The molecule has 4 nitrogen and oxygen atoms in total. The van der Waals surface area contributed by atoms with Gasteiger partial charge in [0.1, 0.15) is 5.78 Å². The molecule has 1 aromatic rings. The molecule has 0 aromatic carbocycles. The minimum atomic E-state index is 0.239. The molecule has 0 fully saturated rings. The first-order valence-electron chi connectivity index (χ1n) is 5.80. The van der Waals surface area contributed by atoms with E-state index in [1.54, 1.807) is 4.68 Å². The summed E-state index contributed by atoms with van der Waals surface area (Å²) < 4.78 is 1.80. The second-order valence-electron chi connectivity index (χ2n) is 4.36. The van der Waals surface area contributed by atoms with Gasteiger partial charge < -0.3 is 5.73 Å². The van der Waals surface area contributed by atoms with Gasteiger partial charge in [-0.15, -0.1) is 0 Å². The number of aromatic nitrogens is 2. The molecule has 1 rings (SSSR count). The molecule has 1 aromatic heterocycles. The van der Waals surface area contributed by atoms with E-state index in [9.17, 15) is 4.79 Å². The van der Waals surface area contributed by atoms with Crippen molar-refractivity contribution >= 4 is 5.78 Å². The molecule has 1 heterocycles. The predicted molar refractivity (Wildman–Crippen MR) is 64.1 cm³/mol. The van der Waals surface area contributed by atoms with Crippen molar-refractivity contribution in [1.29, 1.82) is 0 Å². The van der Waals surface area contributed by atoms with Crippen molar-refractivity contribution in [2.45, 2.75) is 33.1 Å². The van der Waals surface area contributed by atoms with Gasteiger partial charge in [0, 0.05) is 25.6 Å². The van der Waals surface area contributed by atoms with Gasteiger partial charge in [-0.1, -0.05) is 13.8 Å². The Balaban J connectivity index is 2.58. The minimum absolute atomic E-state index is 0.239. The summed E-state index contributed by atoms with van der Waals surface area (Å²) >= 11 is 0. The van der Waals surface area contributed by atoms with Gasteiger partial charge in [0.05, 0.1) is 5.69 Å². The SMILES string of the molecule is CCc1cc(CC(=O)CC(C)CN)n(C)n1. The number of aryl methyl sites for hydroxylation is 2. The van der Waals surface area contributed by atoms with E-state index in [4.69, 9.17) is 5.73 Å². The van der Waals surface area contributed by atoms with Crippen LogP contribution in [0.25, 0.3) is 0 Å². The van der Waals surface area contributed by atoms with Crippen LogP contribution in [0.5, 0.6) is 0 Å². The van der Waals surface area contributed by atoms with Crippen molar-refractivity contribution in [1.82, 2.24) is 9.78 Å². The topological polar surface area (TPSA) is 60.9 Å². The largest absolute Gasteiger partial charge is 0.330 e. The van der Waals surface area contributed by atoms with Crippen molar-refractivity contribution in [3.05, 3.63) is 17.5 Å². The normalized spacial score (nSPS) is 12.8. The third-order valence-corrected chi connectivity index (χ3v) is 2.75. The van der Waals surface area contributed by atoms with Crippen molar-refractivity contribution in [3.63, 3.8) is 0 Å². The third-order valence-electron chi connectivity index (χ3n) is 2.75. The highest BCUT2D eigenvalue weighted by Gasteiger charge is 2.11. The molecular formula is C12H21N3O. The first-order valence-corrected chi connectivity index (χ1v) is 5.80. The minimum Gasteiger partial charge on any atom is -0.330 e. The lowest BCUT2D eigenvalue weighted by Gasteiger charge is -2.06. The smallest absolute Gasteiger partial charge is 0.139 e. The van der Waals surface area contributed by atoms with Gasteiger partial charge in [-0.05, 0) is 24.9 Å². The Morgan fingerprint density at radius 3 is 2.81 bits per heavy atom. The van der Waals surface area contributed by atoms with Gasteiger partial charge in [-0.25, -0.2) is 0 Å². The number of hydrogen-bond acceptors (Lipinski definition) is 3. The van der Waals surface area contributed by atoms with Crippen molar-refractivity contribution in [3.8, 4) is 0 Å². The molecule has 0 saturated heterocycles. The molecule has 16 heavy (non-hydrogen) atoms. The molecule has 0 aliphatic carbocycles. The summed E-state index contributed by atoms with van der Waals surface area (Å²) in [6.45, 7) is 4.63. The Kier molecular flexibility index (Phi) is 4.68. The molecule has 0 aliphatic rings. The number of rotatable bonds is 6. The lowest BCUT2D eigenvalue weighted by Crippen LogP contribution is -2.17. The zero-order valence-electron chi connectivity index (χ0n) is 10.4. The molecule has 4 heteroatoms. The number of carbonyl (C=O) groups is 1. The predicted octanol–water partition coefficient (Wildman–Crippen LogP) is 1.08. The molecule has 0 radical (unpaired) electrons. The van der Waals surface area contributed by atoms with Crippen LogP contribution in [0.15, 0.2) is 6.07 Å². The van der Waals surface area contributed by atoms with Crippen LogP contribution in [0.2, 0.25) is 0 Å². The zero-order chi connectivity index (χ0) is 12.1. The average molecular weight is 223 g/mol. The summed E-state index contributed by atoms with van der Waals surface area (Å²) in [4.78, 5) is 11.7. The molecule has 0 amide bonds. The van der Waals surface area contributed by atoms with E-state index in [1.165, 1.54) is 0 Å². The average Bonchev–Trinajstić information content (AvgIpc) is 2.59. The Labute approximate surface area is 96.8 Å². The molecule has 0 bridgehead atoms. The van der Waals surface area contributed by atoms with E-state index in [1.807, 2.05) is 20.0 Å². The Bertz CT molecular complexity index is 357. The number of hydrogen-bond donors (Lipinski definition) is 1. The molecule has 0 spiro atoms. The fraction of sp³-hybridized carbons (Fsp3) is 0.667. The highest BCUT2D eigenvalue weighted by Crippen LogP contribution is 2.08. The maximum absolute atomic E-state index is 11.7. The molecule has 2 N–H and O–H groups in total. The number of Topliss-reactive ketones (excluding diaryl/α,β-unsaturated/α-hetero) is 1. The van der Waals surface area contributed by atoms with E-state index in [0.717, 1.165) is 17.8 Å². The monoisotopic (exact) mass is 223 g/mol. The van der Waals surface area contributed by atoms with E-state index in [0.29, 0.717) is 19.4 Å². The molecule has 1 atom stereocenters. The lowest BCUT2D eigenvalue weighted by atomic mass is 10.0. The van der Waals surface area contributed by atoms with Gasteiger partial charge in [0.15, 0.2) is 0 Å². The highest BCUT2D eigenvalue weighted by molar-refractivity contribution is 5.80. The van der Waals surface area contributed by atoms with Crippen LogP contribution in [-0.4, -0.2) is 22.1 Å². The summed E-state index contributed by atoms with van der Waals surface area (Å²) in [5.41, 5.74) is 7.53. The maximum atomic E-state index is 11.7. The Hall–Kier alpha value is -1.16. The number of nitrogens with two attached hydrogens (primary N) is 1. The molecule has 90 valence electrons. The fourth-order valence-electron chi connectivity index (χ4n) is 1.66. The van der Waals surface area contributed by atoms with E-state index >= 15 is 0 Å². The van der Waals surface area contributed by atoms with Gasteiger partial charge >= 0.3 is 0 Å². The van der Waals surface area contributed by atoms with E-state index in [2.05, 4.69) is 12.0 Å². The van der Waals surface area contributed by atoms with Gasteiger partial charge in [0.2, 0.25) is 0 Å². The molecule has 1 unspecified atom stereocenters. The van der Waals surface area contributed by atoms with Crippen LogP contribution in [-0.2, 0) is 24.7 Å². The van der Waals surface area contributed by atoms with Crippen molar-refractivity contribution < 1.29 is 4.79 Å². The van der Waals surface area contributed by atoms with Crippen LogP contribution in [0.4, 0.5) is 0 Å². The molecular weight excluding hydrogens is 202 g/mol. The zero-order valence-corrected chi connectivity index (χ0v) is 10.4. The van der Waals surface area contributed by atoms with Crippen LogP contribution in [0, 0.1) is 5.92 Å². The summed E-state index contributed by atoms with van der Waals surface area (Å²) in [5, 5.41) is 4.32. The first kappa shape index (κ1) is 12.9. The van der Waals surface area contributed by atoms with Crippen LogP contribution < -0.4 is 5.73 Å². The van der Waals surface area contributed by atoms with Gasteiger partial charge in [-0.2, -0.15) is 5.10 Å². The first-order chi connectivity index (χ1) is 7.56. The second-order valence-corrected chi connectivity index (χ2v) is 4.36. The standard InChI is InChI=1S/C12H21N3O/c1-4-10-6-11(15(3)14-10)7-12(16)5-9(2)8-13/h6,9H,4-5,7-8,13H2,1-3H3.